The third-order valence-electron chi connectivity index (χ3n) is 3.45. The molecule has 0 aliphatic carbocycles. The molecule has 3 heterocycles. The predicted molar refractivity (Wildman–Crippen MR) is 69.1 cm³/mol. The first-order valence-electron chi connectivity index (χ1n) is 5.84. The topological polar surface area (TPSA) is 15.3 Å². The van der Waals surface area contributed by atoms with Crippen LogP contribution in [0.4, 0.5) is 5.69 Å². The molecule has 0 saturated carbocycles. The summed E-state index contributed by atoms with van der Waals surface area (Å²) in [6.45, 7) is 0. The summed E-state index contributed by atoms with van der Waals surface area (Å²) < 4.78 is 0. The molecular weight excluding hydrogens is 208 g/mol. The van der Waals surface area contributed by atoms with Crippen molar-refractivity contribution in [2.24, 2.45) is 0 Å². The maximum absolute atomic E-state index is 3.49. The van der Waals surface area contributed by atoms with E-state index in [9.17, 15) is 0 Å². The maximum Gasteiger partial charge on any atom is 0.0479 e. The molecule has 0 spiro atoms. The molecule has 1 aromatic rings. The van der Waals surface area contributed by atoms with Crippen LogP contribution in [0.1, 0.15) is 11.5 Å². The molecule has 1 N–H and O–H groups in total. The molecule has 3 aliphatic heterocycles. The molecule has 0 saturated heterocycles. The molecule has 2 heteroatoms. The van der Waals surface area contributed by atoms with Crippen molar-refractivity contribution in [2.75, 3.05) is 5.32 Å². The number of nitrogens with one attached hydrogen (secondary N) is 1. The second-order valence-corrected chi connectivity index (χ2v) is 4.47. The molecule has 0 aromatic heterocycles. The maximum atomic E-state index is 3.49. The van der Waals surface area contributed by atoms with Gasteiger partial charge in [0.15, 0.2) is 0 Å². The zero-order chi connectivity index (χ0) is 11.2. The highest BCUT2D eigenvalue weighted by atomic mass is 15.1. The van der Waals surface area contributed by atoms with E-state index in [4.69, 9.17) is 0 Å². The Hall–Kier alpha value is -2.22. The Morgan fingerprint density at radius 3 is 3.06 bits per heavy atom. The van der Waals surface area contributed by atoms with Gasteiger partial charge in [0.05, 0.1) is 0 Å². The van der Waals surface area contributed by atoms with Crippen molar-refractivity contribution < 1.29 is 0 Å². The number of anilines is 1. The van der Waals surface area contributed by atoms with Crippen molar-refractivity contribution in [3.8, 4) is 0 Å². The Kier molecular flexibility index (Phi) is 1.64. The van der Waals surface area contributed by atoms with Crippen LogP contribution < -0.4 is 5.32 Å². The summed E-state index contributed by atoms with van der Waals surface area (Å²) in [6.07, 6.45) is 12.9. The average molecular weight is 220 g/mol. The highest BCUT2D eigenvalue weighted by Crippen LogP contribution is 2.42. The Morgan fingerprint density at radius 1 is 1.12 bits per heavy atom. The van der Waals surface area contributed by atoms with E-state index in [0.717, 1.165) is 0 Å². The zero-order valence-corrected chi connectivity index (χ0v) is 9.30. The minimum absolute atomic E-state index is 0.383. The highest BCUT2D eigenvalue weighted by Gasteiger charge is 2.29. The van der Waals surface area contributed by atoms with Crippen molar-refractivity contribution in [3.05, 3.63) is 77.9 Å². The first-order valence-corrected chi connectivity index (χ1v) is 5.84. The quantitative estimate of drug-likeness (QED) is 0.721. The largest absolute Gasteiger partial charge is 0.357 e. The van der Waals surface area contributed by atoms with Gasteiger partial charge in [0.25, 0.3) is 0 Å². The Morgan fingerprint density at radius 2 is 2.06 bits per heavy atom. The van der Waals surface area contributed by atoms with Crippen LogP contribution in [0.25, 0.3) is 0 Å². The van der Waals surface area contributed by atoms with Gasteiger partial charge in [0.2, 0.25) is 0 Å². The number of hydrogen-bond donors (Lipinski definition) is 1. The first-order chi connectivity index (χ1) is 8.42. The summed E-state index contributed by atoms with van der Waals surface area (Å²) in [4.78, 5) is 2.16. The van der Waals surface area contributed by atoms with Gasteiger partial charge in [-0.05, 0) is 29.9 Å². The van der Waals surface area contributed by atoms with Crippen molar-refractivity contribution in [1.29, 1.82) is 0 Å². The van der Waals surface area contributed by atoms with Crippen molar-refractivity contribution in [2.45, 2.75) is 5.92 Å². The first kappa shape index (κ1) is 8.88. The Balaban J connectivity index is 1.86. The number of rotatable bonds is 0. The summed E-state index contributed by atoms with van der Waals surface area (Å²) in [5.74, 6) is 0.383. The molecule has 0 fully saturated rings. The zero-order valence-electron chi connectivity index (χ0n) is 9.30. The van der Waals surface area contributed by atoms with E-state index in [1.807, 2.05) is 0 Å². The van der Waals surface area contributed by atoms with Crippen LogP contribution in [0.15, 0.2) is 72.4 Å². The lowest BCUT2D eigenvalue weighted by Gasteiger charge is -2.26. The van der Waals surface area contributed by atoms with E-state index in [-0.39, 0.29) is 0 Å². The third kappa shape index (κ3) is 1.21. The fourth-order valence-electron chi connectivity index (χ4n) is 2.62. The molecule has 2 nitrogen and oxygen atoms in total. The third-order valence-corrected chi connectivity index (χ3v) is 3.45. The smallest absolute Gasteiger partial charge is 0.0479 e. The molecule has 1 unspecified atom stereocenters. The Labute approximate surface area is 100 Å². The average Bonchev–Trinajstić information content (AvgIpc) is 2.73. The minimum atomic E-state index is 0.383. The van der Waals surface area contributed by atoms with Gasteiger partial charge < -0.3 is 10.2 Å². The van der Waals surface area contributed by atoms with Crippen LogP contribution in [0.5, 0.6) is 0 Å². The van der Waals surface area contributed by atoms with Gasteiger partial charge in [-0.25, -0.2) is 0 Å². The van der Waals surface area contributed by atoms with Gasteiger partial charge in [-0.3, -0.25) is 0 Å². The van der Waals surface area contributed by atoms with Gasteiger partial charge in [-0.1, -0.05) is 24.3 Å². The highest BCUT2D eigenvalue weighted by molar-refractivity contribution is 5.68. The van der Waals surface area contributed by atoms with E-state index < -0.39 is 0 Å². The lowest BCUT2D eigenvalue weighted by Crippen LogP contribution is -2.18. The predicted octanol–water partition coefficient (Wildman–Crippen LogP) is 3.32. The second-order valence-electron chi connectivity index (χ2n) is 4.47. The normalized spacial score (nSPS) is 23.3. The molecule has 1 aromatic carbocycles. The molecule has 0 bridgehead atoms. The second kappa shape index (κ2) is 3.14. The van der Waals surface area contributed by atoms with Crippen molar-refractivity contribution in [3.63, 3.8) is 0 Å². The lowest BCUT2D eigenvalue weighted by atomic mass is 9.95. The summed E-state index contributed by atoms with van der Waals surface area (Å²) in [7, 11) is 0. The van der Waals surface area contributed by atoms with Gasteiger partial charge in [0, 0.05) is 35.4 Å². The number of para-hydroxylation sites is 1. The SMILES string of the molecule is C1=CC2=CC3C(=CN2C=C1)Nc1ccccc13. The number of nitrogens with zero attached hydrogens (tertiary/aromatic N) is 1. The molecule has 3 aliphatic rings. The van der Waals surface area contributed by atoms with E-state index in [2.05, 4.69) is 71.2 Å². The van der Waals surface area contributed by atoms with Gasteiger partial charge >= 0.3 is 0 Å². The van der Waals surface area contributed by atoms with Crippen molar-refractivity contribution >= 4 is 5.69 Å². The fourth-order valence-corrected chi connectivity index (χ4v) is 2.62. The van der Waals surface area contributed by atoms with Crippen LogP contribution >= 0.6 is 0 Å². The summed E-state index contributed by atoms with van der Waals surface area (Å²) in [5.41, 5.74) is 5.11. The molecular formula is C15H12N2. The molecule has 0 amide bonds. The van der Waals surface area contributed by atoms with Crippen LogP contribution in [0.3, 0.4) is 0 Å². The molecule has 1 atom stereocenters. The van der Waals surface area contributed by atoms with Gasteiger partial charge in [-0.2, -0.15) is 0 Å². The summed E-state index contributed by atoms with van der Waals surface area (Å²) >= 11 is 0. The van der Waals surface area contributed by atoms with Crippen LogP contribution in [0, 0.1) is 0 Å². The van der Waals surface area contributed by atoms with Gasteiger partial charge in [-0.15, -0.1) is 0 Å². The fraction of sp³-hybridized carbons (Fsp3) is 0.0667. The molecule has 0 radical (unpaired) electrons. The van der Waals surface area contributed by atoms with E-state index in [1.165, 1.54) is 22.6 Å². The van der Waals surface area contributed by atoms with E-state index in [0.29, 0.717) is 5.92 Å². The Bertz CT molecular complexity index is 605. The molecule has 17 heavy (non-hydrogen) atoms. The van der Waals surface area contributed by atoms with E-state index in [1.54, 1.807) is 0 Å². The van der Waals surface area contributed by atoms with Crippen molar-refractivity contribution in [1.82, 2.24) is 4.90 Å². The summed E-state index contributed by atoms with van der Waals surface area (Å²) in [6, 6.07) is 8.51. The molecule has 4 rings (SSSR count). The van der Waals surface area contributed by atoms with Crippen LogP contribution in [-0.2, 0) is 0 Å². The monoisotopic (exact) mass is 220 g/mol. The summed E-state index contributed by atoms with van der Waals surface area (Å²) in [5, 5.41) is 3.49. The number of hydrogen-bond acceptors (Lipinski definition) is 2. The number of benzene rings is 1. The molecule has 82 valence electrons. The number of allylic oxidation sites excluding steroid dienone is 4. The van der Waals surface area contributed by atoms with Crippen LogP contribution in [-0.4, -0.2) is 4.90 Å². The number of fused-ring (bicyclic) bond motifs is 4. The minimum Gasteiger partial charge on any atom is -0.357 e. The van der Waals surface area contributed by atoms with Crippen LogP contribution in [0.2, 0.25) is 0 Å². The standard InChI is InChI=1S/C15H12N2/c1-2-7-14-12(6-1)13-9-11-5-3-4-8-17(11)10-15(13)16-14/h1-10,13,16H. The van der Waals surface area contributed by atoms with E-state index >= 15 is 0 Å². The lowest BCUT2D eigenvalue weighted by molar-refractivity contribution is 0.612. The van der Waals surface area contributed by atoms with Gasteiger partial charge in [0.1, 0.15) is 0 Å².